The molecule has 0 radical (unpaired) electrons. The summed E-state index contributed by atoms with van der Waals surface area (Å²) in [5, 5.41) is 0. The van der Waals surface area contributed by atoms with E-state index in [9.17, 15) is 13.6 Å². The molecule has 0 N–H and O–H groups in total. The van der Waals surface area contributed by atoms with Gasteiger partial charge in [0.25, 0.3) is 0 Å². The first kappa shape index (κ1) is 14.8. The Morgan fingerprint density at radius 2 is 1.83 bits per heavy atom. The van der Waals surface area contributed by atoms with Crippen molar-refractivity contribution in [2.75, 3.05) is 0 Å². The van der Waals surface area contributed by atoms with Crippen LogP contribution < -0.4 is 0 Å². The molecule has 0 aliphatic heterocycles. The molecule has 2 aromatic carbocycles. The number of carbonyl (C=O) groups excluding carboxylic acids is 1. The van der Waals surface area contributed by atoms with Crippen molar-refractivity contribution in [1.82, 2.24) is 9.55 Å². The van der Waals surface area contributed by atoms with Gasteiger partial charge in [-0.3, -0.25) is 4.79 Å². The Labute approximate surface area is 131 Å². The molecule has 3 nitrogen and oxygen atoms in total. The highest BCUT2D eigenvalue weighted by atomic mass is 19.2. The third kappa shape index (κ3) is 3.40. The van der Waals surface area contributed by atoms with Gasteiger partial charge in [0, 0.05) is 23.6 Å². The quantitative estimate of drug-likeness (QED) is 0.538. The molecule has 0 atom stereocenters. The second-order valence-corrected chi connectivity index (χ2v) is 4.89. The van der Waals surface area contributed by atoms with Gasteiger partial charge in [0.15, 0.2) is 17.4 Å². The third-order valence-electron chi connectivity index (χ3n) is 3.33. The van der Waals surface area contributed by atoms with Gasteiger partial charge in [0.05, 0.1) is 6.33 Å². The molecule has 1 heterocycles. The Morgan fingerprint density at radius 3 is 2.48 bits per heavy atom. The van der Waals surface area contributed by atoms with Gasteiger partial charge < -0.3 is 4.57 Å². The molecule has 1 aromatic heterocycles. The minimum Gasteiger partial charge on any atom is -0.306 e. The number of rotatable bonds is 4. The van der Waals surface area contributed by atoms with E-state index in [0.29, 0.717) is 0 Å². The molecule has 0 spiro atoms. The van der Waals surface area contributed by atoms with E-state index in [2.05, 4.69) is 4.98 Å². The van der Waals surface area contributed by atoms with Crippen molar-refractivity contribution in [3.8, 4) is 5.69 Å². The minimum atomic E-state index is -1.03. The fourth-order valence-electron chi connectivity index (χ4n) is 2.09. The number of ketones is 1. The Kier molecular flexibility index (Phi) is 4.10. The van der Waals surface area contributed by atoms with Crippen LogP contribution in [0.2, 0.25) is 0 Å². The molecule has 23 heavy (non-hydrogen) atoms. The van der Waals surface area contributed by atoms with E-state index in [0.717, 1.165) is 23.4 Å². The average molecular weight is 310 g/mol. The third-order valence-corrected chi connectivity index (χ3v) is 3.33. The van der Waals surface area contributed by atoms with Gasteiger partial charge in [-0.1, -0.05) is 18.2 Å². The first-order chi connectivity index (χ1) is 11.1. The van der Waals surface area contributed by atoms with Crippen LogP contribution >= 0.6 is 0 Å². The maximum atomic E-state index is 13.1. The van der Waals surface area contributed by atoms with E-state index in [1.54, 1.807) is 18.6 Å². The molecule has 0 saturated heterocycles. The number of allylic oxidation sites excluding steroid dienone is 1. The largest absolute Gasteiger partial charge is 0.306 e. The van der Waals surface area contributed by atoms with Crippen molar-refractivity contribution >= 4 is 11.9 Å². The Morgan fingerprint density at radius 1 is 1.04 bits per heavy atom. The van der Waals surface area contributed by atoms with Crippen LogP contribution in [0, 0.1) is 11.6 Å². The zero-order valence-electron chi connectivity index (χ0n) is 12.0. The smallest absolute Gasteiger partial charge is 0.185 e. The molecule has 3 aromatic rings. The molecule has 0 unspecified atom stereocenters. The SMILES string of the molecule is O=C(/C=C/c1ccc(-n2ccnc2)cc1)c1ccc(F)c(F)c1. The molecule has 0 amide bonds. The topological polar surface area (TPSA) is 34.9 Å². The van der Waals surface area contributed by atoms with Crippen LogP contribution in [-0.4, -0.2) is 15.3 Å². The molecule has 114 valence electrons. The van der Waals surface area contributed by atoms with E-state index in [-0.39, 0.29) is 11.3 Å². The fourth-order valence-corrected chi connectivity index (χ4v) is 2.09. The number of hydrogen-bond donors (Lipinski definition) is 0. The number of imidazole rings is 1. The summed E-state index contributed by atoms with van der Waals surface area (Å²) in [6, 6.07) is 10.6. The van der Waals surface area contributed by atoms with Crippen LogP contribution in [0.15, 0.2) is 67.3 Å². The molecule has 5 heteroatoms. The summed E-state index contributed by atoms with van der Waals surface area (Å²) in [5.74, 6) is -2.39. The van der Waals surface area contributed by atoms with E-state index in [1.807, 2.05) is 35.0 Å². The number of benzene rings is 2. The standard InChI is InChI=1S/C18H12F2N2O/c19-16-7-4-14(11-17(16)20)18(23)8-3-13-1-5-15(6-2-13)22-10-9-21-12-22/h1-12H/b8-3+. The lowest BCUT2D eigenvalue weighted by molar-refractivity contribution is 0.104. The van der Waals surface area contributed by atoms with Gasteiger partial charge in [-0.2, -0.15) is 0 Å². The van der Waals surface area contributed by atoms with Gasteiger partial charge in [0.1, 0.15) is 0 Å². The number of carbonyl (C=O) groups is 1. The number of aromatic nitrogens is 2. The predicted octanol–water partition coefficient (Wildman–Crippen LogP) is 4.05. The zero-order valence-corrected chi connectivity index (χ0v) is 12.0. The second-order valence-electron chi connectivity index (χ2n) is 4.89. The summed E-state index contributed by atoms with van der Waals surface area (Å²) in [5.41, 5.74) is 1.88. The van der Waals surface area contributed by atoms with Crippen LogP contribution in [0.4, 0.5) is 8.78 Å². The lowest BCUT2D eigenvalue weighted by atomic mass is 10.1. The minimum absolute atomic E-state index is 0.107. The molecular weight excluding hydrogens is 298 g/mol. The Bertz CT molecular complexity index is 853. The Balaban J connectivity index is 1.74. The summed E-state index contributed by atoms with van der Waals surface area (Å²) in [6.45, 7) is 0. The molecular formula is C18H12F2N2O. The molecule has 0 aliphatic carbocycles. The molecule has 0 saturated carbocycles. The van der Waals surface area contributed by atoms with Crippen LogP contribution in [0.3, 0.4) is 0 Å². The maximum Gasteiger partial charge on any atom is 0.185 e. The van der Waals surface area contributed by atoms with Gasteiger partial charge in [0.2, 0.25) is 0 Å². The lowest BCUT2D eigenvalue weighted by Crippen LogP contribution is -1.96. The first-order valence-corrected chi connectivity index (χ1v) is 6.89. The van der Waals surface area contributed by atoms with Gasteiger partial charge in [-0.05, 0) is 42.0 Å². The normalized spacial score (nSPS) is 11.0. The van der Waals surface area contributed by atoms with E-state index in [4.69, 9.17) is 0 Å². The van der Waals surface area contributed by atoms with E-state index >= 15 is 0 Å². The highest BCUT2D eigenvalue weighted by Gasteiger charge is 2.07. The summed E-state index contributed by atoms with van der Waals surface area (Å²) in [7, 11) is 0. The number of hydrogen-bond acceptors (Lipinski definition) is 2. The lowest BCUT2D eigenvalue weighted by Gasteiger charge is -2.02. The fraction of sp³-hybridized carbons (Fsp3) is 0. The highest BCUT2D eigenvalue weighted by molar-refractivity contribution is 6.06. The maximum absolute atomic E-state index is 13.1. The predicted molar refractivity (Wildman–Crippen MR) is 83.3 cm³/mol. The summed E-state index contributed by atoms with van der Waals surface area (Å²) in [4.78, 5) is 15.9. The molecule has 0 aliphatic rings. The van der Waals surface area contributed by atoms with E-state index < -0.39 is 11.6 Å². The summed E-state index contributed by atoms with van der Waals surface area (Å²) < 4.78 is 27.8. The van der Waals surface area contributed by atoms with E-state index in [1.165, 1.54) is 12.1 Å². The molecule has 0 bridgehead atoms. The zero-order chi connectivity index (χ0) is 16.2. The van der Waals surface area contributed by atoms with Crippen molar-refractivity contribution in [3.05, 3.63) is 90.0 Å². The van der Waals surface area contributed by atoms with Gasteiger partial charge in [-0.15, -0.1) is 0 Å². The summed E-state index contributed by atoms with van der Waals surface area (Å²) >= 11 is 0. The van der Waals surface area contributed by atoms with Crippen molar-refractivity contribution in [1.29, 1.82) is 0 Å². The molecule has 0 fully saturated rings. The molecule has 3 rings (SSSR count). The monoisotopic (exact) mass is 310 g/mol. The van der Waals surface area contributed by atoms with Crippen molar-refractivity contribution < 1.29 is 13.6 Å². The Hall–Kier alpha value is -3.08. The van der Waals surface area contributed by atoms with Crippen molar-refractivity contribution in [2.24, 2.45) is 0 Å². The highest BCUT2D eigenvalue weighted by Crippen LogP contribution is 2.13. The van der Waals surface area contributed by atoms with Crippen LogP contribution in [-0.2, 0) is 0 Å². The van der Waals surface area contributed by atoms with Gasteiger partial charge >= 0.3 is 0 Å². The average Bonchev–Trinajstić information content (AvgIpc) is 3.10. The van der Waals surface area contributed by atoms with Gasteiger partial charge in [-0.25, -0.2) is 13.8 Å². The first-order valence-electron chi connectivity index (χ1n) is 6.89. The van der Waals surface area contributed by atoms with Crippen LogP contribution in [0.1, 0.15) is 15.9 Å². The number of nitrogens with zero attached hydrogens (tertiary/aromatic N) is 2. The van der Waals surface area contributed by atoms with Crippen molar-refractivity contribution in [3.63, 3.8) is 0 Å². The number of halogens is 2. The van der Waals surface area contributed by atoms with Crippen molar-refractivity contribution in [2.45, 2.75) is 0 Å². The van der Waals surface area contributed by atoms with Crippen LogP contribution in [0.5, 0.6) is 0 Å². The second kappa shape index (κ2) is 6.36. The van der Waals surface area contributed by atoms with Crippen LogP contribution in [0.25, 0.3) is 11.8 Å². The summed E-state index contributed by atoms with van der Waals surface area (Å²) in [6.07, 6.45) is 8.17.